The summed E-state index contributed by atoms with van der Waals surface area (Å²) in [5, 5.41) is 0. The van der Waals surface area contributed by atoms with Crippen molar-refractivity contribution in [1.82, 2.24) is 0 Å². The highest BCUT2D eigenvalue weighted by Gasteiger charge is 2.19. The van der Waals surface area contributed by atoms with Crippen molar-refractivity contribution in [2.75, 3.05) is 13.2 Å². The number of ether oxygens (including phenoxy) is 3. The van der Waals surface area contributed by atoms with Gasteiger partial charge in [-0.1, -0.05) is 311 Å². The monoisotopic (exact) mass is 961 g/mol. The molecule has 0 spiro atoms. The van der Waals surface area contributed by atoms with E-state index in [4.69, 9.17) is 14.2 Å². The standard InChI is InChI=1S/C62H120O6/c1-6-7-8-9-10-11-12-13-14-15-16-21-24-27-30-33-38-44-49-54-62(65)68-59(56-67-61(64)53-48-43-39-34-36-41-46-51-58(4)5)55-66-60(63)52-47-42-37-32-29-26-23-20-18-17-19-22-25-28-31-35-40-45-50-57(2)3/h57-59H,6-56H2,1-5H3/t59-/m0/s1. The van der Waals surface area contributed by atoms with Gasteiger partial charge in [-0.2, -0.15) is 0 Å². The van der Waals surface area contributed by atoms with Gasteiger partial charge >= 0.3 is 17.9 Å². The Hall–Kier alpha value is -1.59. The van der Waals surface area contributed by atoms with Crippen molar-refractivity contribution >= 4 is 17.9 Å². The summed E-state index contributed by atoms with van der Waals surface area (Å²) in [6, 6.07) is 0. The highest BCUT2D eigenvalue weighted by Crippen LogP contribution is 2.19. The molecule has 0 heterocycles. The number of hydrogen-bond acceptors (Lipinski definition) is 6. The second-order valence-electron chi connectivity index (χ2n) is 22.3. The lowest BCUT2D eigenvalue weighted by Crippen LogP contribution is -2.30. The highest BCUT2D eigenvalue weighted by molar-refractivity contribution is 5.71. The van der Waals surface area contributed by atoms with E-state index in [1.165, 1.54) is 238 Å². The van der Waals surface area contributed by atoms with E-state index in [9.17, 15) is 14.4 Å². The van der Waals surface area contributed by atoms with Crippen molar-refractivity contribution in [1.29, 1.82) is 0 Å². The van der Waals surface area contributed by atoms with Crippen molar-refractivity contribution in [2.45, 2.75) is 355 Å². The molecule has 0 saturated carbocycles. The zero-order valence-electron chi connectivity index (χ0n) is 46.7. The fourth-order valence-electron chi connectivity index (χ4n) is 9.58. The summed E-state index contributed by atoms with van der Waals surface area (Å²) in [5.41, 5.74) is 0. The smallest absolute Gasteiger partial charge is 0.306 e. The normalized spacial score (nSPS) is 12.0. The zero-order chi connectivity index (χ0) is 49.6. The minimum absolute atomic E-state index is 0.0630. The van der Waals surface area contributed by atoms with Gasteiger partial charge in [0.15, 0.2) is 6.10 Å². The molecule has 0 rings (SSSR count). The Morgan fingerprint density at radius 3 is 0.721 bits per heavy atom. The van der Waals surface area contributed by atoms with Crippen LogP contribution in [0.2, 0.25) is 0 Å². The molecular formula is C62H120O6. The molecule has 0 aromatic heterocycles. The Balaban J connectivity index is 4.20. The molecule has 0 aromatic rings. The van der Waals surface area contributed by atoms with E-state index in [0.29, 0.717) is 19.3 Å². The Bertz CT molecular complexity index is 1040. The predicted molar refractivity (Wildman–Crippen MR) is 293 cm³/mol. The first kappa shape index (κ1) is 66.4. The number of rotatable bonds is 56. The number of carbonyl (C=O) groups excluding carboxylic acids is 3. The molecule has 0 aromatic carbocycles. The van der Waals surface area contributed by atoms with E-state index in [1.807, 2.05) is 0 Å². The van der Waals surface area contributed by atoms with Crippen LogP contribution in [0.25, 0.3) is 0 Å². The van der Waals surface area contributed by atoms with Crippen LogP contribution in [-0.4, -0.2) is 37.2 Å². The van der Waals surface area contributed by atoms with Gasteiger partial charge in [0.05, 0.1) is 0 Å². The van der Waals surface area contributed by atoms with Gasteiger partial charge < -0.3 is 14.2 Å². The third-order valence-corrected chi connectivity index (χ3v) is 14.2. The third-order valence-electron chi connectivity index (χ3n) is 14.2. The summed E-state index contributed by atoms with van der Waals surface area (Å²) in [7, 11) is 0. The van der Waals surface area contributed by atoms with Crippen molar-refractivity contribution < 1.29 is 28.6 Å². The Morgan fingerprint density at radius 2 is 0.485 bits per heavy atom. The number of esters is 3. The predicted octanol–water partition coefficient (Wildman–Crippen LogP) is 20.4. The second-order valence-corrected chi connectivity index (χ2v) is 22.3. The van der Waals surface area contributed by atoms with Crippen LogP contribution in [0.3, 0.4) is 0 Å². The number of carbonyl (C=O) groups is 3. The summed E-state index contributed by atoms with van der Waals surface area (Å²) < 4.78 is 16.9. The van der Waals surface area contributed by atoms with Crippen LogP contribution in [0.15, 0.2) is 0 Å². The zero-order valence-corrected chi connectivity index (χ0v) is 46.7. The Kier molecular flexibility index (Phi) is 53.5. The lowest BCUT2D eigenvalue weighted by atomic mass is 10.0. The molecule has 0 fully saturated rings. The maximum atomic E-state index is 12.9. The van der Waals surface area contributed by atoms with Gasteiger partial charge in [-0.25, -0.2) is 0 Å². The molecule has 0 bridgehead atoms. The maximum Gasteiger partial charge on any atom is 0.306 e. The summed E-state index contributed by atoms with van der Waals surface area (Å²) in [4.78, 5) is 38.2. The molecule has 404 valence electrons. The summed E-state index contributed by atoms with van der Waals surface area (Å²) in [6.07, 6.45) is 59.8. The molecule has 0 aliphatic rings. The SMILES string of the molecule is CCCCCCCCCCCCCCCCCCCCCC(=O)O[C@@H](COC(=O)CCCCCCCCCCCCCCCCCCCCC(C)C)COC(=O)CCCCCCCCCC(C)C. The lowest BCUT2D eigenvalue weighted by molar-refractivity contribution is -0.167. The molecule has 0 aliphatic heterocycles. The van der Waals surface area contributed by atoms with Crippen LogP contribution in [0.1, 0.15) is 349 Å². The van der Waals surface area contributed by atoms with Gasteiger partial charge in [0, 0.05) is 19.3 Å². The first-order valence-corrected chi connectivity index (χ1v) is 30.7. The Labute approximate surface area is 425 Å². The van der Waals surface area contributed by atoms with E-state index in [2.05, 4.69) is 34.6 Å². The summed E-state index contributed by atoms with van der Waals surface area (Å²) >= 11 is 0. The first-order chi connectivity index (χ1) is 33.2. The van der Waals surface area contributed by atoms with Crippen molar-refractivity contribution in [3.05, 3.63) is 0 Å². The quantitative estimate of drug-likeness (QED) is 0.0343. The van der Waals surface area contributed by atoms with Gasteiger partial charge in [0.2, 0.25) is 0 Å². The molecule has 0 N–H and O–H groups in total. The maximum absolute atomic E-state index is 12.9. The summed E-state index contributed by atoms with van der Waals surface area (Å²) in [6.45, 7) is 11.4. The van der Waals surface area contributed by atoms with Crippen LogP contribution in [0, 0.1) is 11.8 Å². The van der Waals surface area contributed by atoms with E-state index >= 15 is 0 Å². The van der Waals surface area contributed by atoms with Crippen LogP contribution in [0.5, 0.6) is 0 Å². The molecule has 0 saturated heterocycles. The molecule has 0 aliphatic carbocycles. The van der Waals surface area contributed by atoms with E-state index < -0.39 is 6.10 Å². The minimum atomic E-state index is -0.763. The molecule has 0 radical (unpaired) electrons. The van der Waals surface area contributed by atoms with Crippen molar-refractivity contribution in [2.24, 2.45) is 11.8 Å². The van der Waals surface area contributed by atoms with Crippen LogP contribution >= 0.6 is 0 Å². The third kappa shape index (κ3) is 55.3. The van der Waals surface area contributed by atoms with E-state index in [0.717, 1.165) is 69.6 Å². The summed E-state index contributed by atoms with van der Waals surface area (Å²) in [5.74, 6) is 0.801. The van der Waals surface area contributed by atoms with Gasteiger partial charge in [-0.15, -0.1) is 0 Å². The van der Waals surface area contributed by atoms with Gasteiger partial charge in [0.25, 0.3) is 0 Å². The fraction of sp³-hybridized carbons (Fsp3) is 0.952. The van der Waals surface area contributed by atoms with Crippen LogP contribution in [0.4, 0.5) is 0 Å². The fourth-order valence-corrected chi connectivity index (χ4v) is 9.58. The lowest BCUT2D eigenvalue weighted by Gasteiger charge is -2.18. The minimum Gasteiger partial charge on any atom is -0.462 e. The topological polar surface area (TPSA) is 78.9 Å². The van der Waals surface area contributed by atoms with Gasteiger partial charge in [-0.05, 0) is 31.1 Å². The highest BCUT2D eigenvalue weighted by atomic mass is 16.6. The molecule has 0 amide bonds. The van der Waals surface area contributed by atoms with Crippen LogP contribution in [-0.2, 0) is 28.6 Å². The molecule has 68 heavy (non-hydrogen) atoms. The average Bonchev–Trinajstić information content (AvgIpc) is 3.31. The number of hydrogen-bond donors (Lipinski definition) is 0. The van der Waals surface area contributed by atoms with E-state index in [1.54, 1.807) is 0 Å². The first-order valence-electron chi connectivity index (χ1n) is 30.7. The van der Waals surface area contributed by atoms with Crippen LogP contribution < -0.4 is 0 Å². The van der Waals surface area contributed by atoms with Crippen molar-refractivity contribution in [3.8, 4) is 0 Å². The van der Waals surface area contributed by atoms with Gasteiger partial charge in [0.1, 0.15) is 13.2 Å². The van der Waals surface area contributed by atoms with Crippen molar-refractivity contribution in [3.63, 3.8) is 0 Å². The molecule has 6 heteroatoms. The molecular weight excluding hydrogens is 841 g/mol. The molecule has 1 atom stereocenters. The molecule has 0 unspecified atom stereocenters. The van der Waals surface area contributed by atoms with E-state index in [-0.39, 0.29) is 31.1 Å². The van der Waals surface area contributed by atoms with Gasteiger partial charge in [-0.3, -0.25) is 14.4 Å². The second kappa shape index (κ2) is 54.7. The molecule has 6 nitrogen and oxygen atoms in total. The Morgan fingerprint density at radius 1 is 0.279 bits per heavy atom. The largest absolute Gasteiger partial charge is 0.462 e. The number of unbranched alkanes of at least 4 members (excludes halogenated alkanes) is 41. The average molecular weight is 962 g/mol.